The van der Waals surface area contributed by atoms with Crippen molar-refractivity contribution in [1.29, 1.82) is 0 Å². The summed E-state index contributed by atoms with van der Waals surface area (Å²) in [6.07, 6.45) is 0. The van der Waals surface area contributed by atoms with Crippen molar-refractivity contribution in [3.63, 3.8) is 0 Å². The number of hydrogen-bond acceptors (Lipinski definition) is 5. The van der Waals surface area contributed by atoms with Crippen LogP contribution >= 0.6 is 0 Å². The average molecular weight is 289 g/mol. The monoisotopic (exact) mass is 289 g/mol. The number of rotatable bonds is 5. The summed E-state index contributed by atoms with van der Waals surface area (Å²) in [5, 5.41) is 7.60. The van der Waals surface area contributed by atoms with Crippen LogP contribution in [0.3, 0.4) is 0 Å². The average Bonchev–Trinajstić information content (AvgIpc) is 2.77. The van der Waals surface area contributed by atoms with E-state index in [0.717, 1.165) is 22.8 Å². The number of nitrogens with zero attached hydrogens (tertiary/aromatic N) is 2. The maximum atomic E-state index is 11.5. The van der Waals surface area contributed by atoms with Gasteiger partial charge in [0.05, 0.1) is 31.0 Å². The maximum absolute atomic E-state index is 11.5. The van der Waals surface area contributed by atoms with Gasteiger partial charge in [0, 0.05) is 19.3 Å². The van der Waals surface area contributed by atoms with Gasteiger partial charge in [-0.25, -0.2) is 9.48 Å². The van der Waals surface area contributed by atoms with Crippen molar-refractivity contribution in [3.8, 4) is 5.88 Å². The molecule has 6 heteroatoms. The molecule has 112 valence electrons. The van der Waals surface area contributed by atoms with Crippen molar-refractivity contribution >= 4 is 11.7 Å². The van der Waals surface area contributed by atoms with Gasteiger partial charge in [-0.2, -0.15) is 5.10 Å². The first kappa shape index (κ1) is 14.9. The molecule has 0 radical (unpaired) electrons. The molecule has 0 saturated heterocycles. The fourth-order valence-corrected chi connectivity index (χ4v) is 2.20. The molecule has 0 aliphatic heterocycles. The molecular weight excluding hydrogens is 270 g/mol. The first-order valence-electron chi connectivity index (χ1n) is 6.55. The number of carbonyl (C=O) groups is 1. The molecular formula is C15H19N3O3. The second-order valence-electron chi connectivity index (χ2n) is 4.62. The third-order valence-corrected chi connectivity index (χ3v) is 3.24. The van der Waals surface area contributed by atoms with E-state index in [9.17, 15) is 4.79 Å². The third-order valence-electron chi connectivity index (χ3n) is 3.24. The second-order valence-corrected chi connectivity index (χ2v) is 4.62. The largest absolute Gasteiger partial charge is 0.481 e. The van der Waals surface area contributed by atoms with Crippen molar-refractivity contribution in [3.05, 3.63) is 41.1 Å². The third kappa shape index (κ3) is 3.16. The molecule has 1 aromatic heterocycles. The van der Waals surface area contributed by atoms with Crippen LogP contribution < -0.4 is 10.1 Å². The SMILES string of the molecule is COC(=O)c1cccc(NCc2c(C)nn(C)c2OC)c1. The molecule has 0 amide bonds. The Morgan fingerprint density at radius 1 is 1.38 bits per heavy atom. The van der Waals surface area contributed by atoms with Gasteiger partial charge in [-0.05, 0) is 25.1 Å². The Morgan fingerprint density at radius 3 is 2.81 bits per heavy atom. The predicted octanol–water partition coefficient (Wildman–Crippen LogP) is 2.14. The van der Waals surface area contributed by atoms with Crippen molar-refractivity contribution < 1.29 is 14.3 Å². The van der Waals surface area contributed by atoms with Gasteiger partial charge in [0.1, 0.15) is 0 Å². The number of nitrogens with one attached hydrogen (secondary N) is 1. The molecule has 0 fully saturated rings. The summed E-state index contributed by atoms with van der Waals surface area (Å²) < 4.78 is 11.8. The number of hydrogen-bond donors (Lipinski definition) is 1. The van der Waals surface area contributed by atoms with Crippen LogP contribution in [0.5, 0.6) is 5.88 Å². The molecule has 1 N–H and O–H groups in total. The molecule has 0 aliphatic carbocycles. The predicted molar refractivity (Wildman–Crippen MR) is 79.6 cm³/mol. The highest BCUT2D eigenvalue weighted by Gasteiger charge is 2.13. The molecule has 0 unspecified atom stereocenters. The first-order valence-corrected chi connectivity index (χ1v) is 6.55. The van der Waals surface area contributed by atoms with Gasteiger partial charge < -0.3 is 14.8 Å². The number of ether oxygens (including phenoxy) is 2. The molecule has 21 heavy (non-hydrogen) atoms. The first-order chi connectivity index (χ1) is 10.1. The summed E-state index contributed by atoms with van der Waals surface area (Å²) in [4.78, 5) is 11.5. The minimum absolute atomic E-state index is 0.353. The van der Waals surface area contributed by atoms with Crippen molar-refractivity contribution in [2.24, 2.45) is 7.05 Å². The van der Waals surface area contributed by atoms with E-state index in [1.54, 1.807) is 23.9 Å². The number of aromatic nitrogens is 2. The van der Waals surface area contributed by atoms with E-state index in [-0.39, 0.29) is 5.97 Å². The fraction of sp³-hybridized carbons (Fsp3) is 0.333. The summed E-state index contributed by atoms with van der Waals surface area (Å²) in [7, 11) is 4.83. The van der Waals surface area contributed by atoms with Crippen LogP contribution in [-0.2, 0) is 18.3 Å². The van der Waals surface area contributed by atoms with E-state index in [4.69, 9.17) is 9.47 Å². The summed E-state index contributed by atoms with van der Waals surface area (Å²) in [6.45, 7) is 2.50. The Hall–Kier alpha value is -2.50. The topological polar surface area (TPSA) is 65.4 Å². The molecule has 2 rings (SSSR count). The Bertz CT molecular complexity index is 650. The van der Waals surface area contributed by atoms with Crippen molar-refractivity contribution in [1.82, 2.24) is 9.78 Å². The molecule has 0 atom stereocenters. The van der Waals surface area contributed by atoms with Gasteiger partial charge in [-0.15, -0.1) is 0 Å². The highest BCUT2D eigenvalue weighted by Crippen LogP contribution is 2.22. The molecule has 0 spiro atoms. The zero-order chi connectivity index (χ0) is 15.4. The summed E-state index contributed by atoms with van der Waals surface area (Å²) in [5.74, 6) is 0.373. The van der Waals surface area contributed by atoms with E-state index in [0.29, 0.717) is 12.1 Å². The van der Waals surface area contributed by atoms with Crippen molar-refractivity contribution in [2.75, 3.05) is 19.5 Å². The summed E-state index contributed by atoms with van der Waals surface area (Å²) in [5.41, 5.74) is 3.25. The minimum atomic E-state index is -0.353. The van der Waals surface area contributed by atoms with Crippen LogP contribution in [0.4, 0.5) is 5.69 Å². The van der Waals surface area contributed by atoms with Crippen LogP contribution in [0.15, 0.2) is 24.3 Å². The highest BCUT2D eigenvalue weighted by molar-refractivity contribution is 5.90. The summed E-state index contributed by atoms with van der Waals surface area (Å²) in [6, 6.07) is 7.17. The lowest BCUT2D eigenvalue weighted by Gasteiger charge is -2.09. The van der Waals surface area contributed by atoms with Gasteiger partial charge in [0.25, 0.3) is 0 Å². The van der Waals surface area contributed by atoms with Gasteiger partial charge in [0.15, 0.2) is 0 Å². The van der Waals surface area contributed by atoms with Gasteiger partial charge in [0.2, 0.25) is 5.88 Å². The lowest BCUT2D eigenvalue weighted by Crippen LogP contribution is -2.05. The van der Waals surface area contributed by atoms with Crippen LogP contribution in [0.25, 0.3) is 0 Å². The fourth-order valence-electron chi connectivity index (χ4n) is 2.20. The molecule has 1 heterocycles. The van der Waals surface area contributed by atoms with Crippen LogP contribution in [0.2, 0.25) is 0 Å². The molecule has 0 aliphatic rings. The molecule has 1 aromatic carbocycles. The number of methoxy groups -OCH3 is 2. The highest BCUT2D eigenvalue weighted by atomic mass is 16.5. The number of carbonyl (C=O) groups excluding carboxylic acids is 1. The Balaban J connectivity index is 2.15. The Labute approximate surface area is 123 Å². The molecule has 2 aromatic rings. The van der Waals surface area contributed by atoms with Gasteiger partial charge in [-0.1, -0.05) is 6.07 Å². The second kappa shape index (κ2) is 6.30. The van der Waals surface area contributed by atoms with E-state index in [2.05, 4.69) is 10.4 Å². The van der Waals surface area contributed by atoms with Crippen LogP contribution in [-0.4, -0.2) is 30.0 Å². The molecule has 0 bridgehead atoms. The standard InChI is InChI=1S/C15H19N3O3/c1-10-13(14(20-3)18(2)17-10)9-16-12-7-5-6-11(8-12)15(19)21-4/h5-8,16H,9H2,1-4H3. The zero-order valence-corrected chi connectivity index (χ0v) is 12.6. The van der Waals surface area contributed by atoms with E-state index in [1.165, 1.54) is 7.11 Å². The molecule has 6 nitrogen and oxygen atoms in total. The number of anilines is 1. The zero-order valence-electron chi connectivity index (χ0n) is 12.6. The van der Waals surface area contributed by atoms with Crippen molar-refractivity contribution in [2.45, 2.75) is 13.5 Å². The summed E-state index contributed by atoms with van der Waals surface area (Å²) >= 11 is 0. The van der Waals surface area contributed by atoms with Gasteiger partial charge in [-0.3, -0.25) is 0 Å². The maximum Gasteiger partial charge on any atom is 0.337 e. The lowest BCUT2D eigenvalue weighted by molar-refractivity contribution is 0.0601. The van der Waals surface area contributed by atoms with E-state index >= 15 is 0 Å². The Morgan fingerprint density at radius 2 is 2.14 bits per heavy atom. The number of esters is 1. The minimum Gasteiger partial charge on any atom is -0.481 e. The quantitative estimate of drug-likeness (QED) is 0.854. The normalized spacial score (nSPS) is 10.3. The van der Waals surface area contributed by atoms with Crippen LogP contribution in [0, 0.1) is 6.92 Å². The van der Waals surface area contributed by atoms with Gasteiger partial charge >= 0.3 is 5.97 Å². The number of aryl methyl sites for hydroxylation is 2. The van der Waals surface area contributed by atoms with E-state index in [1.807, 2.05) is 26.1 Å². The number of benzene rings is 1. The van der Waals surface area contributed by atoms with E-state index < -0.39 is 0 Å². The smallest absolute Gasteiger partial charge is 0.337 e. The lowest BCUT2D eigenvalue weighted by atomic mass is 10.2. The van der Waals surface area contributed by atoms with Crippen LogP contribution in [0.1, 0.15) is 21.6 Å². The Kier molecular flexibility index (Phi) is 4.47. The molecule has 0 saturated carbocycles.